The Hall–Kier alpha value is -1.09. The van der Waals surface area contributed by atoms with Crippen LogP contribution < -0.4 is 0 Å². The summed E-state index contributed by atoms with van der Waals surface area (Å²) in [6.07, 6.45) is 0.417. The maximum absolute atomic E-state index is 12.4. The first-order valence-electron chi connectivity index (χ1n) is 24.2. The summed E-state index contributed by atoms with van der Waals surface area (Å²) in [4.78, 5) is 12.4. The van der Waals surface area contributed by atoms with Crippen molar-refractivity contribution >= 4 is 5.97 Å². The Balaban J connectivity index is 1.09. The summed E-state index contributed by atoms with van der Waals surface area (Å²) in [5.41, 5.74) is -2.76. The number of aliphatic carboxylic acids is 1. The molecule has 24 atom stereocenters. The quantitative estimate of drug-likeness (QED) is 0.196. The van der Waals surface area contributed by atoms with Crippen molar-refractivity contribution in [2.24, 2.45) is 35.5 Å². The van der Waals surface area contributed by atoms with Crippen LogP contribution in [0.4, 0.5) is 0 Å². The first kappa shape index (κ1) is 50.8. The molecule has 1 spiro atoms. The normalized spacial score (nSPS) is 54.6. The number of ether oxygens (including phenoxy) is 11. The minimum atomic E-state index is -2.24. The van der Waals surface area contributed by atoms with E-state index in [9.17, 15) is 25.2 Å². The molecule has 0 aromatic carbocycles. The standard InChI is InChI=1S/C48H82O16/c1-24(41-45(10,61-37-18-16-31(54-12)30(7)57-37)40(49)28(5)48(53,63-41)29(6)42(50)51)33-23-34(55-13)26(3)47(59-33)22-21-44(9,64-47)36-19-20-43(8,60-36)35-17-15-32(58-35)39-25(2)38(56-14)27(4)46(11,52)62-39/h24-41,49,52-53H,15-23H2,1-14H3,(H,50,51)/t24?,25?,26?,27?,28?,29?,30?,31?,32-,33?,34?,35-,36-,37?,38?,39?,40?,41?,43+,44+,45?,46?,47?,48?/m1/s1. The smallest absolute Gasteiger partial charge is 0.311 e. The SMILES string of the molecule is COC1CCC(OC2(C)C(O)C(C)C(O)(C(C)C(=O)O)OC2C(C)C2CC(OC)C(C)C3(CC[C@@](C)([C@H]4CC[C@@](C)([C@H]5CC[C@H](C6OC(C)(O)C(C)C(OC)C6C)O5)O4)O3)O2)OC1C. The van der Waals surface area contributed by atoms with Crippen LogP contribution >= 0.6 is 0 Å². The Morgan fingerprint density at radius 2 is 1.41 bits per heavy atom. The third-order valence-corrected chi connectivity index (χ3v) is 17.8. The van der Waals surface area contributed by atoms with Crippen molar-refractivity contribution in [2.45, 2.75) is 242 Å². The van der Waals surface area contributed by atoms with Crippen LogP contribution in [0.2, 0.25) is 0 Å². The predicted octanol–water partition coefficient (Wildman–Crippen LogP) is 5.33. The fourth-order valence-corrected chi connectivity index (χ4v) is 13.0. The Labute approximate surface area is 380 Å². The Morgan fingerprint density at radius 3 is 2.03 bits per heavy atom. The highest BCUT2D eigenvalue weighted by molar-refractivity contribution is 5.70. The summed E-state index contributed by atoms with van der Waals surface area (Å²) in [6.45, 7) is 20.7. The zero-order valence-electron chi connectivity index (χ0n) is 40.9. The van der Waals surface area contributed by atoms with Gasteiger partial charge in [0.15, 0.2) is 23.7 Å². The highest BCUT2D eigenvalue weighted by Gasteiger charge is 2.67. The number of aliphatic hydroxyl groups excluding tert-OH is 1. The van der Waals surface area contributed by atoms with Gasteiger partial charge in [-0.15, -0.1) is 0 Å². The number of hydrogen-bond donors (Lipinski definition) is 4. The maximum atomic E-state index is 12.4. The number of methoxy groups -OCH3 is 3. The average Bonchev–Trinajstić information content (AvgIpc) is 4.00. The van der Waals surface area contributed by atoms with Crippen LogP contribution in [0.15, 0.2) is 0 Å². The molecule has 7 aliphatic rings. The number of carboxylic acids is 1. The fraction of sp³-hybridized carbons (Fsp3) is 0.979. The van der Waals surface area contributed by atoms with Gasteiger partial charge in [0, 0.05) is 70.2 Å². The lowest BCUT2D eigenvalue weighted by Gasteiger charge is -2.58. The van der Waals surface area contributed by atoms with Crippen LogP contribution in [0, 0.1) is 35.5 Å². The van der Waals surface area contributed by atoms with Crippen molar-refractivity contribution in [3.05, 3.63) is 0 Å². The lowest BCUT2D eigenvalue weighted by Crippen LogP contribution is -2.72. The molecule has 16 heteroatoms. The second-order valence-electron chi connectivity index (χ2n) is 21.7. The van der Waals surface area contributed by atoms with Crippen molar-refractivity contribution in [1.29, 1.82) is 0 Å². The molecule has 19 unspecified atom stereocenters. The van der Waals surface area contributed by atoms with E-state index in [2.05, 4.69) is 27.7 Å². The van der Waals surface area contributed by atoms with Gasteiger partial charge in [-0.05, 0) is 80.1 Å². The number of aliphatic hydroxyl groups is 3. The maximum Gasteiger partial charge on any atom is 0.311 e. The van der Waals surface area contributed by atoms with Gasteiger partial charge >= 0.3 is 5.97 Å². The van der Waals surface area contributed by atoms with Crippen molar-refractivity contribution in [2.75, 3.05) is 21.3 Å². The Bertz CT molecular complexity index is 1630. The molecule has 16 nitrogen and oxygen atoms in total. The van der Waals surface area contributed by atoms with Crippen LogP contribution in [0.5, 0.6) is 0 Å². The van der Waals surface area contributed by atoms with Gasteiger partial charge in [-0.2, -0.15) is 0 Å². The van der Waals surface area contributed by atoms with Gasteiger partial charge in [0.2, 0.25) is 0 Å². The van der Waals surface area contributed by atoms with Gasteiger partial charge in [0.25, 0.3) is 0 Å². The lowest BCUT2D eigenvalue weighted by atomic mass is 9.69. The number of carbonyl (C=O) groups is 1. The molecule has 0 aromatic rings. The van der Waals surface area contributed by atoms with Crippen LogP contribution in [-0.4, -0.2) is 155 Å². The molecule has 7 fully saturated rings. The zero-order chi connectivity index (χ0) is 47.1. The van der Waals surface area contributed by atoms with E-state index < -0.39 is 82.5 Å². The van der Waals surface area contributed by atoms with Gasteiger partial charge in [-0.25, -0.2) is 0 Å². The fourth-order valence-electron chi connectivity index (χ4n) is 13.0. The van der Waals surface area contributed by atoms with Gasteiger partial charge in [-0.1, -0.05) is 34.6 Å². The second-order valence-corrected chi connectivity index (χ2v) is 21.7. The average molecular weight is 915 g/mol. The molecule has 4 N–H and O–H groups in total. The number of hydrogen-bond acceptors (Lipinski definition) is 15. The molecule has 0 bridgehead atoms. The van der Waals surface area contributed by atoms with Gasteiger partial charge in [0.1, 0.15) is 11.5 Å². The molecular weight excluding hydrogens is 833 g/mol. The van der Waals surface area contributed by atoms with E-state index in [1.165, 1.54) is 6.92 Å². The van der Waals surface area contributed by atoms with E-state index in [1.54, 1.807) is 42.1 Å². The monoisotopic (exact) mass is 915 g/mol. The molecule has 0 radical (unpaired) electrons. The van der Waals surface area contributed by atoms with Crippen LogP contribution in [0.3, 0.4) is 0 Å². The van der Waals surface area contributed by atoms with Crippen molar-refractivity contribution in [1.82, 2.24) is 0 Å². The largest absolute Gasteiger partial charge is 0.481 e. The third-order valence-electron chi connectivity index (χ3n) is 17.8. The van der Waals surface area contributed by atoms with E-state index in [0.29, 0.717) is 32.1 Å². The minimum absolute atomic E-state index is 0.0222. The van der Waals surface area contributed by atoms with E-state index in [-0.39, 0.29) is 66.6 Å². The third kappa shape index (κ3) is 8.66. The molecular formula is C48H82O16. The molecule has 7 aliphatic heterocycles. The molecule has 7 rings (SSSR count). The zero-order valence-corrected chi connectivity index (χ0v) is 40.9. The summed E-state index contributed by atoms with van der Waals surface area (Å²) >= 11 is 0. The number of rotatable bonds is 12. The second kappa shape index (κ2) is 18.3. The molecule has 0 aromatic heterocycles. The summed E-state index contributed by atoms with van der Waals surface area (Å²) < 4.78 is 72.0. The first-order valence-corrected chi connectivity index (χ1v) is 24.2. The van der Waals surface area contributed by atoms with E-state index in [4.69, 9.17) is 52.1 Å². The summed E-state index contributed by atoms with van der Waals surface area (Å²) in [5, 5.41) is 45.7. The molecule has 0 saturated carbocycles. The minimum Gasteiger partial charge on any atom is -0.481 e. The van der Waals surface area contributed by atoms with Crippen LogP contribution in [-0.2, 0) is 56.9 Å². The topological polar surface area (TPSA) is 200 Å². The van der Waals surface area contributed by atoms with E-state index >= 15 is 0 Å². The van der Waals surface area contributed by atoms with Gasteiger partial charge < -0.3 is 72.5 Å². The highest BCUT2D eigenvalue weighted by Crippen LogP contribution is 2.56. The molecule has 64 heavy (non-hydrogen) atoms. The van der Waals surface area contributed by atoms with Crippen LogP contribution in [0.25, 0.3) is 0 Å². The summed E-state index contributed by atoms with van der Waals surface area (Å²) in [5.74, 6) is -9.27. The molecule has 7 saturated heterocycles. The Kier molecular flexibility index (Phi) is 14.6. The van der Waals surface area contributed by atoms with Gasteiger partial charge in [0.05, 0.1) is 78.3 Å². The molecule has 7 heterocycles. The van der Waals surface area contributed by atoms with Gasteiger partial charge in [-0.3, -0.25) is 4.79 Å². The predicted molar refractivity (Wildman–Crippen MR) is 231 cm³/mol. The Morgan fingerprint density at radius 1 is 0.719 bits per heavy atom. The van der Waals surface area contributed by atoms with E-state index in [1.807, 2.05) is 20.8 Å². The van der Waals surface area contributed by atoms with Crippen molar-refractivity contribution < 1.29 is 77.3 Å². The molecule has 370 valence electrons. The first-order chi connectivity index (χ1) is 29.8. The number of carboxylic acid groups (broad SMARTS) is 1. The van der Waals surface area contributed by atoms with E-state index in [0.717, 1.165) is 25.7 Å². The summed E-state index contributed by atoms with van der Waals surface area (Å²) in [6, 6.07) is 0. The lowest BCUT2D eigenvalue weighted by molar-refractivity contribution is -0.408. The molecule has 0 amide bonds. The van der Waals surface area contributed by atoms with Crippen LogP contribution in [0.1, 0.15) is 134 Å². The summed E-state index contributed by atoms with van der Waals surface area (Å²) in [7, 11) is 5.02. The van der Waals surface area contributed by atoms with Crippen molar-refractivity contribution in [3.8, 4) is 0 Å². The molecule has 0 aliphatic carbocycles. The van der Waals surface area contributed by atoms with Crippen molar-refractivity contribution in [3.63, 3.8) is 0 Å². The highest BCUT2D eigenvalue weighted by atomic mass is 16.7.